The van der Waals surface area contributed by atoms with Gasteiger partial charge in [-0.15, -0.1) is 0 Å². The van der Waals surface area contributed by atoms with E-state index in [-0.39, 0.29) is 5.97 Å². The van der Waals surface area contributed by atoms with Crippen LogP contribution in [0.1, 0.15) is 41.5 Å². The monoisotopic (exact) mass is 376 g/mol. The van der Waals surface area contributed by atoms with Crippen molar-refractivity contribution in [3.8, 4) is 0 Å². The lowest BCUT2D eigenvalue weighted by molar-refractivity contribution is 0.0601. The zero-order valence-electron chi connectivity index (χ0n) is 16.5. The summed E-state index contributed by atoms with van der Waals surface area (Å²) in [7, 11) is 1.36. The Bertz CT molecular complexity index is 951. The van der Waals surface area contributed by atoms with Gasteiger partial charge in [-0.05, 0) is 54.8 Å². The molecule has 0 fully saturated rings. The maximum absolute atomic E-state index is 11.5. The van der Waals surface area contributed by atoms with Crippen molar-refractivity contribution < 1.29 is 9.53 Å². The maximum Gasteiger partial charge on any atom is 0.337 e. The van der Waals surface area contributed by atoms with Gasteiger partial charge in [-0.2, -0.15) is 0 Å². The molecule has 28 heavy (non-hydrogen) atoms. The van der Waals surface area contributed by atoms with Crippen LogP contribution in [0.3, 0.4) is 0 Å². The van der Waals surface area contributed by atoms with Gasteiger partial charge in [-0.1, -0.05) is 26.0 Å². The lowest BCUT2D eigenvalue weighted by Gasteiger charge is -2.11. The summed E-state index contributed by atoms with van der Waals surface area (Å²) in [5, 5.41) is 6.55. The summed E-state index contributed by atoms with van der Waals surface area (Å²) in [6, 6.07) is 17.2. The predicted octanol–water partition coefficient (Wildman–Crippen LogP) is 5.18. The molecule has 144 valence electrons. The van der Waals surface area contributed by atoms with Crippen molar-refractivity contribution in [2.75, 3.05) is 17.7 Å². The van der Waals surface area contributed by atoms with Gasteiger partial charge >= 0.3 is 5.97 Å². The second-order valence-corrected chi connectivity index (χ2v) is 6.78. The minimum absolute atomic E-state index is 0.362. The number of carbonyl (C=O) groups excluding carboxylic acids is 1. The molecule has 2 aromatic carbocycles. The SMILES string of the molecule is COC(=O)c1ccc(Nc2cc(Nc3ccc(C(C)C)cc3)nc(C)n2)cc1. The zero-order valence-corrected chi connectivity index (χ0v) is 16.5. The summed E-state index contributed by atoms with van der Waals surface area (Å²) in [6.07, 6.45) is 0. The van der Waals surface area contributed by atoms with Gasteiger partial charge in [-0.25, -0.2) is 14.8 Å². The first-order valence-electron chi connectivity index (χ1n) is 9.12. The molecule has 0 atom stereocenters. The first-order valence-corrected chi connectivity index (χ1v) is 9.12. The Labute approximate surface area is 165 Å². The Kier molecular flexibility index (Phi) is 5.89. The molecule has 3 aromatic rings. The van der Waals surface area contributed by atoms with Crippen LogP contribution in [0.5, 0.6) is 0 Å². The summed E-state index contributed by atoms with van der Waals surface area (Å²) in [5.74, 6) is 2.16. The molecule has 0 radical (unpaired) electrons. The van der Waals surface area contributed by atoms with Crippen LogP contribution in [-0.2, 0) is 4.74 Å². The molecular weight excluding hydrogens is 352 g/mol. The van der Waals surface area contributed by atoms with Crippen molar-refractivity contribution in [1.82, 2.24) is 9.97 Å². The van der Waals surface area contributed by atoms with Crippen LogP contribution in [0.15, 0.2) is 54.6 Å². The first kappa shape index (κ1) is 19.4. The number of nitrogens with one attached hydrogen (secondary N) is 2. The van der Waals surface area contributed by atoms with E-state index in [0.29, 0.717) is 28.9 Å². The molecule has 0 aliphatic heterocycles. The largest absolute Gasteiger partial charge is 0.465 e. The molecule has 0 saturated heterocycles. The van der Waals surface area contributed by atoms with Gasteiger partial charge in [0.2, 0.25) is 0 Å². The van der Waals surface area contributed by atoms with Crippen LogP contribution < -0.4 is 10.6 Å². The lowest BCUT2D eigenvalue weighted by atomic mass is 10.0. The minimum Gasteiger partial charge on any atom is -0.465 e. The van der Waals surface area contributed by atoms with E-state index in [2.05, 4.69) is 46.6 Å². The third-order valence-electron chi connectivity index (χ3n) is 4.27. The molecule has 1 heterocycles. The number of nitrogens with zero attached hydrogens (tertiary/aromatic N) is 2. The molecule has 3 rings (SSSR count). The summed E-state index contributed by atoms with van der Waals surface area (Å²) >= 11 is 0. The van der Waals surface area contributed by atoms with E-state index >= 15 is 0 Å². The van der Waals surface area contributed by atoms with Crippen molar-refractivity contribution in [2.24, 2.45) is 0 Å². The average molecular weight is 376 g/mol. The zero-order chi connectivity index (χ0) is 20.1. The number of aryl methyl sites for hydroxylation is 1. The van der Waals surface area contributed by atoms with E-state index in [1.807, 2.05) is 25.1 Å². The number of hydrogen-bond donors (Lipinski definition) is 2. The van der Waals surface area contributed by atoms with Crippen LogP contribution in [0.4, 0.5) is 23.0 Å². The van der Waals surface area contributed by atoms with Crippen molar-refractivity contribution in [3.05, 3.63) is 71.5 Å². The number of carbonyl (C=O) groups is 1. The lowest BCUT2D eigenvalue weighted by Crippen LogP contribution is -2.03. The van der Waals surface area contributed by atoms with Crippen LogP contribution in [0.25, 0.3) is 0 Å². The fourth-order valence-electron chi connectivity index (χ4n) is 2.75. The number of aromatic nitrogens is 2. The molecule has 6 heteroatoms. The van der Waals surface area contributed by atoms with E-state index in [1.165, 1.54) is 12.7 Å². The first-order chi connectivity index (χ1) is 13.4. The molecule has 0 amide bonds. The van der Waals surface area contributed by atoms with Crippen molar-refractivity contribution in [1.29, 1.82) is 0 Å². The van der Waals surface area contributed by atoms with Gasteiger partial charge in [0.05, 0.1) is 12.7 Å². The number of anilines is 4. The molecule has 6 nitrogen and oxygen atoms in total. The fraction of sp³-hybridized carbons (Fsp3) is 0.227. The molecule has 2 N–H and O–H groups in total. The molecule has 0 unspecified atom stereocenters. The van der Waals surface area contributed by atoms with Crippen LogP contribution in [-0.4, -0.2) is 23.0 Å². The molecule has 0 aliphatic carbocycles. The fourth-order valence-corrected chi connectivity index (χ4v) is 2.75. The number of rotatable bonds is 6. The third kappa shape index (κ3) is 4.85. The molecule has 0 aliphatic rings. The second-order valence-electron chi connectivity index (χ2n) is 6.78. The molecule has 0 saturated carbocycles. The van der Waals surface area contributed by atoms with Gasteiger partial charge in [0.15, 0.2) is 0 Å². The van der Waals surface area contributed by atoms with Crippen molar-refractivity contribution >= 4 is 29.0 Å². The van der Waals surface area contributed by atoms with E-state index in [0.717, 1.165) is 11.4 Å². The minimum atomic E-state index is -0.362. The topological polar surface area (TPSA) is 76.1 Å². The van der Waals surface area contributed by atoms with Crippen LogP contribution >= 0.6 is 0 Å². The molecule has 1 aromatic heterocycles. The van der Waals surface area contributed by atoms with Gasteiger partial charge in [0.1, 0.15) is 17.5 Å². The van der Waals surface area contributed by atoms with Crippen LogP contribution in [0, 0.1) is 6.92 Å². The number of ether oxygens (including phenoxy) is 1. The highest BCUT2D eigenvalue weighted by Crippen LogP contribution is 2.22. The van der Waals surface area contributed by atoms with E-state index in [4.69, 9.17) is 4.74 Å². The highest BCUT2D eigenvalue weighted by molar-refractivity contribution is 5.89. The normalized spacial score (nSPS) is 10.6. The quantitative estimate of drug-likeness (QED) is 0.577. The van der Waals surface area contributed by atoms with E-state index in [1.54, 1.807) is 24.3 Å². The van der Waals surface area contributed by atoms with Gasteiger partial charge in [0, 0.05) is 17.4 Å². The van der Waals surface area contributed by atoms with Crippen molar-refractivity contribution in [3.63, 3.8) is 0 Å². The Morgan fingerprint density at radius 2 is 1.39 bits per heavy atom. The second kappa shape index (κ2) is 8.52. The molecular formula is C22H24N4O2. The smallest absolute Gasteiger partial charge is 0.337 e. The summed E-state index contributed by atoms with van der Waals surface area (Å²) in [5.41, 5.74) is 3.58. The highest BCUT2D eigenvalue weighted by atomic mass is 16.5. The van der Waals surface area contributed by atoms with E-state index in [9.17, 15) is 4.79 Å². The maximum atomic E-state index is 11.5. The number of benzene rings is 2. The van der Waals surface area contributed by atoms with Crippen LogP contribution in [0.2, 0.25) is 0 Å². The Hall–Kier alpha value is -3.41. The third-order valence-corrected chi connectivity index (χ3v) is 4.27. The Morgan fingerprint density at radius 1 is 0.893 bits per heavy atom. The highest BCUT2D eigenvalue weighted by Gasteiger charge is 2.07. The predicted molar refractivity (Wildman–Crippen MR) is 112 cm³/mol. The summed E-state index contributed by atoms with van der Waals surface area (Å²) in [6.45, 7) is 6.19. The summed E-state index contributed by atoms with van der Waals surface area (Å²) < 4.78 is 4.71. The molecule has 0 bridgehead atoms. The average Bonchev–Trinajstić information content (AvgIpc) is 2.68. The van der Waals surface area contributed by atoms with Gasteiger partial charge in [0.25, 0.3) is 0 Å². The summed E-state index contributed by atoms with van der Waals surface area (Å²) in [4.78, 5) is 20.4. The van der Waals surface area contributed by atoms with Crippen molar-refractivity contribution in [2.45, 2.75) is 26.7 Å². The number of esters is 1. The standard InChI is InChI=1S/C22H24N4O2/c1-14(2)16-5-9-18(10-6-16)25-20-13-21(24-15(3)23-20)26-19-11-7-17(8-12-19)22(27)28-4/h5-14H,1-4H3,(H2,23,24,25,26). The molecule has 0 spiro atoms. The number of hydrogen-bond acceptors (Lipinski definition) is 6. The Balaban J connectivity index is 1.75. The van der Waals surface area contributed by atoms with Gasteiger partial charge in [-0.3, -0.25) is 0 Å². The number of methoxy groups -OCH3 is 1. The van der Waals surface area contributed by atoms with E-state index < -0.39 is 0 Å². The van der Waals surface area contributed by atoms with Gasteiger partial charge < -0.3 is 15.4 Å². The Morgan fingerprint density at radius 3 is 1.86 bits per heavy atom.